The number of nitrogens with zero attached hydrogens (tertiary/aromatic N) is 2. The Morgan fingerprint density at radius 3 is 2.49 bits per heavy atom. The van der Waals surface area contributed by atoms with E-state index in [0.717, 1.165) is 32.1 Å². The Kier molecular flexibility index (Phi) is 7.65. The lowest BCUT2D eigenvalue weighted by Gasteiger charge is -2.68. The van der Waals surface area contributed by atoms with Crippen molar-refractivity contribution in [2.75, 3.05) is 39.5 Å². The lowest BCUT2D eigenvalue weighted by molar-refractivity contribution is -0.243. The molecule has 5 aliphatic rings. The summed E-state index contributed by atoms with van der Waals surface area (Å²) in [5.74, 6) is 0.789. The lowest BCUT2D eigenvalue weighted by Crippen LogP contribution is -2.74. The highest BCUT2D eigenvalue weighted by Gasteiger charge is 2.67. The van der Waals surface area contributed by atoms with E-state index in [1.807, 2.05) is 0 Å². The third-order valence-electron chi connectivity index (χ3n) is 8.46. The Balaban J connectivity index is 1.46. The van der Waals surface area contributed by atoms with Crippen LogP contribution in [0.1, 0.15) is 65.7 Å². The molecule has 196 valence electrons. The number of amides is 2. The molecule has 9 heteroatoms. The van der Waals surface area contributed by atoms with Crippen LogP contribution in [0, 0.1) is 34.5 Å². The number of alkyl carbamates (subject to hydrolysis) is 1. The first-order chi connectivity index (χ1) is 16.6. The molecule has 0 aromatic rings. The van der Waals surface area contributed by atoms with Crippen LogP contribution in [0.2, 0.25) is 0 Å². The second-order valence-corrected chi connectivity index (χ2v) is 12.1. The summed E-state index contributed by atoms with van der Waals surface area (Å²) in [5.41, 5.74) is 4.69. The standard InChI is InChI=1S/C26H42N4O5/c1-24(2,3)22-25(29-23(32)34-17-21(31)30-7-4-5-20(30)16-28)12-18-11-19(13-25)15-26(22,14-18)35-10-9-33-8-6-27/h18-20,22H,4-15,17,27H2,1-3H3,(H,29,32)/t18?,19?,20-,22?,25?,26?/m0/s1. The molecule has 5 rings (SSSR count). The molecular formula is C26H42N4O5. The van der Waals surface area contributed by atoms with Crippen LogP contribution in [0.3, 0.4) is 0 Å². The summed E-state index contributed by atoms with van der Waals surface area (Å²) in [6.45, 7) is 8.91. The first kappa shape index (κ1) is 26.2. The first-order valence-corrected chi connectivity index (χ1v) is 13.2. The third-order valence-corrected chi connectivity index (χ3v) is 8.46. The molecule has 2 amide bonds. The van der Waals surface area contributed by atoms with Crippen molar-refractivity contribution in [3.63, 3.8) is 0 Å². The molecule has 4 atom stereocenters. The van der Waals surface area contributed by atoms with Gasteiger partial charge in [-0.15, -0.1) is 0 Å². The molecule has 1 saturated heterocycles. The zero-order valence-electron chi connectivity index (χ0n) is 21.5. The summed E-state index contributed by atoms with van der Waals surface area (Å²) in [4.78, 5) is 27.2. The predicted molar refractivity (Wildman–Crippen MR) is 129 cm³/mol. The SMILES string of the molecule is CC(C)(C)C1C2(NC(=O)OCC(=O)N3CCC[C@H]3C#N)CC3CC(C2)CC1(OCCOCCN)C3. The Labute approximate surface area is 209 Å². The number of nitrogens with one attached hydrogen (secondary N) is 1. The van der Waals surface area contributed by atoms with Crippen molar-refractivity contribution in [2.24, 2.45) is 28.9 Å². The van der Waals surface area contributed by atoms with Crippen molar-refractivity contribution in [1.82, 2.24) is 10.2 Å². The Bertz CT molecular complexity index is 821. The molecule has 4 aliphatic carbocycles. The second kappa shape index (κ2) is 10.2. The third kappa shape index (κ3) is 5.30. The Morgan fingerprint density at radius 1 is 1.14 bits per heavy atom. The van der Waals surface area contributed by atoms with Crippen molar-refractivity contribution in [2.45, 2.75) is 82.9 Å². The quantitative estimate of drug-likeness (QED) is 0.476. The van der Waals surface area contributed by atoms with Gasteiger partial charge >= 0.3 is 6.09 Å². The maximum atomic E-state index is 13.1. The fourth-order valence-electron chi connectivity index (χ4n) is 8.23. The number of carbonyl (C=O) groups is 2. The summed E-state index contributed by atoms with van der Waals surface area (Å²) in [6.07, 6.45) is 5.92. The maximum absolute atomic E-state index is 13.1. The molecular weight excluding hydrogens is 448 g/mol. The second-order valence-electron chi connectivity index (χ2n) is 12.1. The summed E-state index contributed by atoms with van der Waals surface area (Å²) in [7, 11) is 0. The van der Waals surface area contributed by atoms with Gasteiger partial charge in [0.2, 0.25) is 0 Å². The van der Waals surface area contributed by atoms with Crippen LogP contribution in [-0.4, -0.2) is 73.6 Å². The molecule has 0 aromatic carbocycles. The van der Waals surface area contributed by atoms with Crippen LogP contribution in [-0.2, 0) is 19.0 Å². The molecule has 0 aromatic heterocycles. The van der Waals surface area contributed by atoms with Gasteiger partial charge in [0.25, 0.3) is 5.91 Å². The first-order valence-electron chi connectivity index (χ1n) is 13.2. The van der Waals surface area contributed by atoms with E-state index >= 15 is 0 Å². The van der Waals surface area contributed by atoms with Crippen molar-refractivity contribution >= 4 is 12.0 Å². The van der Waals surface area contributed by atoms with Gasteiger partial charge < -0.3 is 30.2 Å². The molecule has 3 N–H and O–H groups in total. The minimum atomic E-state index is -0.552. The molecule has 1 heterocycles. The summed E-state index contributed by atoms with van der Waals surface area (Å²) >= 11 is 0. The highest BCUT2D eigenvalue weighted by atomic mass is 16.6. The molecule has 5 fully saturated rings. The normalized spacial score (nSPS) is 35.7. The molecule has 35 heavy (non-hydrogen) atoms. The van der Waals surface area contributed by atoms with Crippen molar-refractivity contribution < 1.29 is 23.8 Å². The zero-order valence-corrected chi connectivity index (χ0v) is 21.5. The summed E-state index contributed by atoms with van der Waals surface area (Å²) < 4.78 is 17.7. The number of nitriles is 1. The number of carbonyl (C=O) groups excluding carboxylic acids is 2. The van der Waals surface area contributed by atoms with Crippen molar-refractivity contribution in [3.8, 4) is 6.07 Å². The summed E-state index contributed by atoms with van der Waals surface area (Å²) in [5, 5.41) is 12.5. The molecule has 0 radical (unpaired) electrons. The molecule has 3 unspecified atom stereocenters. The highest BCUT2D eigenvalue weighted by molar-refractivity contribution is 5.81. The van der Waals surface area contributed by atoms with Crippen molar-refractivity contribution in [3.05, 3.63) is 0 Å². The van der Waals surface area contributed by atoms with Crippen LogP contribution < -0.4 is 11.1 Å². The number of hydrogen-bond acceptors (Lipinski definition) is 7. The molecule has 1 aliphatic heterocycles. The van der Waals surface area contributed by atoms with Gasteiger partial charge in [0.05, 0.1) is 31.5 Å². The Hall–Kier alpha value is -1.89. The average molecular weight is 491 g/mol. The number of ether oxygens (including phenoxy) is 3. The van der Waals surface area contributed by atoms with Gasteiger partial charge in [-0.1, -0.05) is 20.8 Å². The van der Waals surface area contributed by atoms with Crippen molar-refractivity contribution in [1.29, 1.82) is 5.26 Å². The number of likely N-dealkylation sites (tertiary alicyclic amines) is 1. The Morgan fingerprint density at radius 2 is 1.86 bits per heavy atom. The van der Waals surface area contributed by atoms with Gasteiger partial charge in [0.15, 0.2) is 6.61 Å². The van der Waals surface area contributed by atoms with Crippen LogP contribution in [0.5, 0.6) is 0 Å². The molecule has 9 nitrogen and oxygen atoms in total. The van der Waals surface area contributed by atoms with Gasteiger partial charge in [-0.3, -0.25) is 4.79 Å². The van der Waals surface area contributed by atoms with E-state index in [-0.39, 0.29) is 29.4 Å². The van der Waals surface area contributed by atoms with E-state index in [9.17, 15) is 14.9 Å². The molecule has 4 bridgehead atoms. The lowest BCUT2D eigenvalue weighted by atomic mass is 9.42. The van der Waals surface area contributed by atoms with Crippen LogP contribution in [0.25, 0.3) is 0 Å². The largest absolute Gasteiger partial charge is 0.439 e. The van der Waals surface area contributed by atoms with Gasteiger partial charge in [-0.05, 0) is 62.2 Å². The van der Waals surface area contributed by atoms with E-state index in [4.69, 9.17) is 19.9 Å². The average Bonchev–Trinajstić information content (AvgIpc) is 3.24. The number of rotatable bonds is 9. The van der Waals surface area contributed by atoms with E-state index < -0.39 is 17.7 Å². The summed E-state index contributed by atoms with van der Waals surface area (Å²) in [6, 6.07) is 1.74. The van der Waals surface area contributed by atoms with Gasteiger partial charge in [-0.2, -0.15) is 5.26 Å². The van der Waals surface area contributed by atoms with Crippen LogP contribution in [0.4, 0.5) is 4.79 Å². The highest BCUT2D eigenvalue weighted by Crippen LogP contribution is 2.65. The van der Waals surface area contributed by atoms with Gasteiger partial charge in [-0.25, -0.2) is 4.79 Å². The topological polar surface area (TPSA) is 127 Å². The molecule has 4 saturated carbocycles. The predicted octanol–water partition coefficient (Wildman–Crippen LogP) is 2.58. The van der Waals surface area contributed by atoms with Gasteiger partial charge in [0, 0.05) is 24.5 Å². The monoisotopic (exact) mass is 490 g/mol. The van der Waals surface area contributed by atoms with E-state index in [0.29, 0.717) is 51.2 Å². The van der Waals surface area contributed by atoms with E-state index in [1.165, 1.54) is 11.3 Å². The van der Waals surface area contributed by atoms with E-state index in [1.54, 1.807) is 0 Å². The minimum Gasteiger partial charge on any atom is -0.439 e. The van der Waals surface area contributed by atoms with Crippen LogP contribution in [0.15, 0.2) is 0 Å². The minimum absolute atomic E-state index is 0.106. The van der Waals surface area contributed by atoms with Crippen LogP contribution >= 0.6 is 0 Å². The number of hydrogen-bond donors (Lipinski definition) is 2. The fraction of sp³-hybridized carbons (Fsp3) is 0.885. The van der Waals surface area contributed by atoms with Gasteiger partial charge in [0.1, 0.15) is 6.04 Å². The molecule has 0 spiro atoms. The fourth-order valence-corrected chi connectivity index (χ4v) is 8.23. The van der Waals surface area contributed by atoms with E-state index in [2.05, 4.69) is 32.2 Å². The smallest absolute Gasteiger partial charge is 0.408 e. The maximum Gasteiger partial charge on any atom is 0.408 e. The number of nitrogens with two attached hydrogens (primary N) is 1. The zero-order chi connectivity index (χ0) is 25.3.